The Hall–Kier alpha value is -1.56. The van der Waals surface area contributed by atoms with E-state index in [1.54, 1.807) is 30.2 Å². The second-order valence-corrected chi connectivity index (χ2v) is 5.10. The van der Waals surface area contributed by atoms with Crippen molar-refractivity contribution in [3.63, 3.8) is 0 Å². The first-order chi connectivity index (χ1) is 9.11. The summed E-state index contributed by atoms with van der Waals surface area (Å²) in [5.74, 6) is 0.607. The summed E-state index contributed by atoms with van der Waals surface area (Å²) in [7, 11) is 1.58. The average molecular weight is 327 g/mol. The molecule has 5 nitrogen and oxygen atoms in total. The number of nitrogens with zero attached hydrogens (tertiary/aromatic N) is 1. The highest BCUT2D eigenvalue weighted by atomic mass is 79.9. The molecule has 2 amide bonds. The summed E-state index contributed by atoms with van der Waals surface area (Å²) in [6.45, 7) is 1.49. The SMILES string of the molecule is COc1ccc(C(=O)N2CCNC(=O)CC2)cc1Br. The number of amides is 2. The fraction of sp³-hybridized carbons (Fsp3) is 0.385. The molecular formula is C13H15BrN2O3. The summed E-state index contributed by atoms with van der Waals surface area (Å²) in [6.07, 6.45) is 0.350. The minimum atomic E-state index is -0.0696. The molecule has 0 radical (unpaired) electrons. The lowest BCUT2D eigenvalue weighted by molar-refractivity contribution is -0.120. The zero-order valence-corrected chi connectivity index (χ0v) is 12.2. The summed E-state index contributed by atoms with van der Waals surface area (Å²) in [6, 6.07) is 5.21. The van der Waals surface area contributed by atoms with Crippen LogP contribution in [0, 0.1) is 0 Å². The molecule has 0 saturated carbocycles. The minimum Gasteiger partial charge on any atom is -0.496 e. The van der Waals surface area contributed by atoms with Crippen molar-refractivity contribution in [3.05, 3.63) is 28.2 Å². The van der Waals surface area contributed by atoms with Gasteiger partial charge in [0.25, 0.3) is 5.91 Å². The molecule has 0 spiro atoms. The lowest BCUT2D eigenvalue weighted by Crippen LogP contribution is -2.34. The molecule has 0 unspecified atom stereocenters. The maximum absolute atomic E-state index is 12.3. The standard InChI is InChI=1S/C13H15BrN2O3/c1-19-11-3-2-9(8-10(11)14)13(18)16-6-4-12(17)15-5-7-16/h2-3,8H,4-7H2,1H3,(H,15,17). The molecule has 1 N–H and O–H groups in total. The number of hydrogen-bond acceptors (Lipinski definition) is 3. The van der Waals surface area contributed by atoms with Gasteiger partial charge in [-0.05, 0) is 34.1 Å². The van der Waals surface area contributed by atoms with Gasteiger partial charge in [-0.1, -0.05) is 0 Å². The number of carbonyl (C=O) groups excluding carboxylic acids is 2. The number of ether oxygens (including phenoxy) is 1. The molecule has 0 bridgehead atoms. The molecule has 1 saturated heterocycles. The molecule has 0 aromatic heterocycles. The Morgan fingerprint density at radius 2 is 2.21 bits per heavy atom. The molecule has 0 aliphatic carbocycles. The molecule has 102 valence electrons. The number of rotatable bonds is 2. The Morgan fingerprint density at radius 1 is 1.42 bits per heavy atom. The summed E-state index contributed by atoms with van der Waals surface area (Å²) < 4.78 is 5.87. The van der Waals surface area contributed by atoms with Crippen molar-refractivity contribution in [1.82, 2.24) is 10.2 Å². The van der Waals surface area contributed by atoms with Crippen LogP contribution in [0.1, 0.15) is 16.8 Å². The van der Waals surface area contributed by atoms with Crippen molar-refractivity contribution in [1.29, 1.82) is 0 Å². The molecule has 1 aliphatic heterocycles. The van der Waals surface area contributed by atoms with E-state index in [2.05, 4.69) is 21.2 Å². The van der Waals surface area contributed by atoms with Crippen LogP contribution in [-0.2, 0) is 4.79 Å². The van der Waals surface area contributed by atoms with Gasteiger partial charge in [-0.15, -0.1) is 0 Å². The first-order valence-electron chi connectivity index (χ1n) is 6.01. The largest absolute Gasteiger partial charge is 0.496 e. The normalized spacial score (nSPS) is 15.7. The van der Waals surface area contributed by atoms with E-state index in [-0.39, 0.29) is 11.8 Å². The molecule has 2 rings (SSSR count). The molecule has 1 aliphatic rings. The molecule has 1 fully saturated rings. The Bertz CT molecular complexity index is 505. The Balaban J connectivity index is 2.14. The van der Waals surface area contributed by atoms with Gasteiger partial charge in [-0.2, -0.15) is 0 Å². The Labute approximate surface area is 120 Å². The summed E-state index contributed by atoms with van der Waals surface area (Å²) in [5, 5.41) is 2.75. The number of halogens is 1. The number of carbonyl (C=O) groups is 2. The van der Waals surface area contributed by atoms with E-state index >= 15 is 0 Å². The third-order valence-corrected chi connectivity index (χ3v) is 3.62. The average Bonchev–Trinajstić information content (AvgIpc) is 2.62. The smallest absolute Gasteiger partial charge is 0.253 e. The van der Waals surface area contributed by atoms with Crippen molar-refractivity contribution in [3.8, 4) is 5.75 Å². The summed E-state index contributed by atoms with van der Waals surface area (Å²) >= 11 is 3.36. The van der Waals surface area contributed by atoms with Gasteiger partial charge in [0.05, 0.1) is 11.6 Å². The van der Waals surface area contributed by atoms with E-state index in [1.807, 2.05) is 0 Å². The van der Waals surface area contributed by atoms with E-state index in [4.69, 9.17) is 4.74 Å². The van der Waals surface area contributed by atoms with Crippen molar-refractivity contribution in [2.24, 2.45) is 0 Å². The molecule has 19 heavy (non-hydrogen) atoms. The minimum absolute atomic E-state index is 0.00814. The van der Waals surface area contributed by atoms with Crippen LogP contribution >= 0.6 is 15.9 Å². The van der Waals surface area contributed by atoms with E-state index in [1.165, 1.54) is 0 Å². The molecule has 1 heterocycles. The molecule has 0 atom stereocenters. The van der Waals surface area contributed by atoms with Crippen LogP contribution in [0.2, 0.25) is 0 Å². The van der Waals surface area contributed by atoms with Crippen molar-refractivity contribution in [2.75, 3.05) is 26.7 Å². The van der Waals surface area contributed by atoms with Crippen molar-refractivity contribution >= 4 is 27.7 Å². The van der Waals surface area contributed by atoms with E-state index < -0.39 is 0 Å². The van der Waals surface area contributed by atoms with Gasteiger partial charge >= 0.3 is 0 Å². The van der Waals surface area contributed by atoms with Gasteiger partial charge in [-0.3, -0.25) is 9.59 Å². The fourth-order valence-corrected chi connectivity index (χ4v) is 2.49. The van der Waals surface area contributed by atoms with Crippen molar-refractivity contribution < 1.29 is 14.3 Å². The number of benzene rings is 1. The highest BCUT2D eigenvalue weighted by molar-refractivity contribution is 9.10. The van der Waals surface area contributed by atoms with Crippen molar-refractivity contribution in [2.45, 2.75) is 6.42 Å². The zero-order valence-electron chi connectivity index (χ0n) is 10.6. The fourth-order valence-electron chi connectivity index (χ4n) is 1.95. The molecular weight excluding hydrogens is 312 g/mol. The third-order valence-electron chi connectivity index (χ3n) is 3.00. The van der Waals surface area contributed by atoms with E-state index in [9.17, 15) is 9.59 Å². The van der Waals surface area contributed by atoms with Crippen LogP contribution in [0.4, 0.5) is 0 Å². The number of nitrogens with one attached hydrogen (secondary N) is 1. The lowest BCUT2D eigenvalue weighted by Gasteiger charge is -2.19. The van der Waals surface area contributed by atoms with Crippen LogP contribution in [0.25, 0.3) is 0 Å². The van der Waals surface area contributed by atoms with Crippen LogP contribution in [0.5, 0.6) is 5.75 Å². The van der Waals surface area contributed by atoms with E-state index in [0.717, 1.165) is 4.47 Å². The quantitative estimate of drug-likeness (QED) is 0.894. The maximum Gasteiger partial charge on any atom is 0.253 e. The van der Waals surface area contributed by atoms with Crippen LogP contribution < -0.4 is 10.1 Å². The number of hydrogen-bond donors (Lipinski definition) is 1. The molecule has 1 aromatic carbocycles. The Kier molecular flexibility index (Phi) is 4.42. The zero-order chi connectivity index (χ0) is 13.8. The first-order valence-corrected chi connectivity index (χ1v) is 6.80. The second kappa shape index (κ2) is 6.06. The molecule has 1 aromatic rings. The topological polar surface area (TPSA) is 58.6 Å². The van der Waals surface area contributed by atoms with Gasteiger partial charge in [0.2, 0.25) is 5.91 Å². The van der Waals surface area contributed by atoms with Gasteiger partial charge in [0.1, 0.15) is 5.75 Å². The predicted molar refractivity (Wildman–Crippen MR) is 74.2 cm³/mol. The summed E-state index contributed by atoms with van der Waals surface area (Å²) in [4.78, 5) is 25.3. The summed E-state index contributed by atoms with van der Waals surface area (Å²) in [5.41, 5.74) is 0.585. The monoisotopic (exact) mass is 326 g/mol. The van der Waals surface area contributed by atoms with Gasteiger partial charge in [-0.25, -0.2) is 0 Å². The third kappa shape index (κ3) is 3.26. The second-order valence-electron chi connectivity index (χ2n) is 4.24. The lowest BCUT2D eigenvalue weighted by atomic mass is 10.2. The van der Waals surface area contributed by atoms with Gasteiger partial charge in [0.15, 0.2) is 0 Å². The first kappa shape index (κ1) is 13.9. The highest BCUT2D eigenvalue weighted by Crippen LogP contribution is 2.26. The molecule has 6 heteroatoms. The van der Waals surface area contributed by atoms with Gasteiger partial charge < -0.3 is 15.0 Å². The Morgan fingerprint density at radius 3 is 2.89 bits per heavy atom. The maximum atomic E-state index is 12.3. The van der Waals surface area contributed by atoms with Crippen LogP contribution in [0.3, 0.4) is 0 Å². The highest BCUT2D eigenvalue weighted by Gasteiger charge is 2.20. The van der Waals surface area contributed by atoms with Crippen LogP contribution in [0.15, 0.2) is 22.7 Å². The van der Waals surface area contributed by atoms with Gasteiger partial charge in [0, 0.05) is 31.6 Å². The number of methoxy groups -OCH3 is 1. The van der Waals surface area contributed by atoms with Crippen LogP contribution in [-0.4, -0.2) is 43.5 Å². The predicted octanol–water partition coefficient (Wildman–Crippen LogP) is 1.42. The van der Waals surface area contributed by atoms with E-state index in [0.29, 0.717) is 37.4 Å².